The third-order valence-corrected chi connectivity index (χ3v) is 23.3. The molecule has 0 N–H and O–H groups in total. The Morgan fingerprint density at radius 1 is 0.829 bits per heavy atom. The molecule has 210 valence electrons. The second-order valence-electron chi connectivity index (χ2n) is 13.3. The van der Waals surface area contributed by atoms with E-state index in [2.05, 4.69) is 126 Å². The number of rotatable bonds is 6. The third kappa shape index (κ3) is 5.12. The monoisotopic (exact) mass is 672 g/mol. The van der Waals surface area contributed by atoms with Crippen molar-refractivity contribution in [2.45, 2.75) is 63.4 Å². The van der Waals surface area contributed by atoms with Crippen molar-refractivity contribution in [1.29, 1.82) is 0 Å². The summed E-state index contributed by atoms with van der Waals surface area (Å²) < 4.78 is 1.42. The molecule has 0 amide bonds. The summed E-state index contributed by atoms with van der Waals surface area (Å²) >= 11 is -4.02. The Morgan fingerprint density at radius 3 is 2.22 bits per heavy atom. The van der Waals surface area contributed by atoms with Gasteiger partial charge in [-0.3, -0.25) is 0 Å². The van der Waals surface area contributed by atoms with Gasteiger partial charge in [0.2, 0.25) is 0 Å². The molecule has 0 aromatic heterocycles. The van der Waals surface area contributed by atoms with Crippen LogP contribution in [0.4, 0.5) is 0 Å². The standard InChI is InChI=1S/C25H31.C12H9Si.2ClH.Zr/c1-7-19-10-8-9-11-21(19)24-22-16-18(14-17(2)3)15-20(22)12-13-23(24)25(4,5)6;1-3-7-11-9(5-1)10-6-2-4-8-12(10)13-11;;;/h8-13,15-17H,7,14H2,1-6H3;1-7H,13H2;2*1H;/q;;;;+2/p-2. The van der Waals surface area contributed by atoms with E-state index in [1.165, 1.54) is 63.7 Å². The van der Waals surface area contributed by atoms with Gasteiger partial charge in [-0.1, -0.05) is 0 Å². The molecule has 0 saturated heterocycles. The first-order chi connectivity index (χ1) is 19.5. The van der Waals surface area contributed by atoms with Crippen LogP contribution in [0.2, 0.25) is 0 Å². The van der Waals surface area contributed by atoms with Gasteiger partial charge in [0.15, 0.2) is 0 Å². The molecule has 0 spiro atoms. The fraction of sp³-hybridized carbons (Fsp3) is 0.297. The second kappa shape index (κ2) is 11.1. The minimum absolute atomic E-state index is 0.00921. The van der Waals surface area contributed by atoms with Crippen molar-refractivity contribution in [2.75, 3.05) is 0 Å². The zero-order valence-electron chi connectivity index (χ0n) is 25.1. The van der Waals surface area contributed by atoms with Crippen LogP contribution in [0.15, 0.2) is 84.4 Å². The Balaban J connectivity index is 1.59. The van der Waals surface area contributed by atoms with Crippen LogP contribution in [-0.2, 0) is 29.7 Å². The maximum atomic E-state index is 7.94. The summed E-state index contributed by atoms with van der Waals surface area (Å²) in [5.41, 5.74) is 12.4. The number of fused-ring (bicyclic) bond motifs is 4. The fourth-order valence-electron chi connectivity index (χ4n) is 7.20. The molecule has 4 heteroatoms. The molecule has 0 radical (unpaired) electrons. The molecule has 1 heterocycles. The zero-order valence-corrected chi connectivity index (χ0v) is 30.5. The van der Waals surface area contributed by atoms with Gasteiger partial charge >= 0.3 is 262 Å². The van der Waals surface area contributed by atoms with E-state index >= 15 is 0 Å². The van der Waals surface area contributed by atoms with Crippen LogP contribution >= 0.6 is 17.0 Å². The molecule has 41 heavy (non-hydrogen) atoms. The first-order valence-corrected chi connectivity index (χ1v) is 25.5. The van der Waals surface area contributed by atoms with Crippen LogP contribution in [-0.4, -0.2) is 9.52 Å². The van der Waals surface area contributed by atoms with Crippen molar-refractivity contribution in [3.63, 3.8) is 0 Å². The number of benzene rings is 4. The average Bonchev–Trinajstić information content (AvgIpc) is 3.49. The molecule has 0 bridgehead atoms. The normalized spacial score (nSPS) is 16.6. The van der Waals surface area contributed by atoms with E-state index in [4.69, 9.17) is 17.0 Å². The number of halogens is 2. The molecule has 1 atom stereocenters. The Morgan fingerprint density at radius 2 is 1.51 bits per heavy atom. The van der Waals surface area contributed by atoms with E-state index in [1.54, 1.807) is 0 Å². The fourth-order valence-corrected chi connectivity index (χ4v) is 24.0. The minimum atomic E-state index is -4.02. The van der Waals surface area contributed by atoms with E-state index in [0.717, 1.165) is 12.8 Å². The molecule has 1 aliphatic heterocycles. The van der Waals surface area contributed by atoms with E-state index in [0.29, 0.717) is 5.92 Å². The van der Waals surface area contributed by atoms with Gasteiger partial charge in [-0.05, 0) is 0 Å². The molecule has 1 unspecified atom stereocenters. The van der Waals surface area contributed by atoms with E-state index in [9.17, 15) is 0 Å². The Hall–Kier alpha value is -1.70. The van der Waals surface area contributed by atoms with Crippen molar-refractivity contribution < 1.29 is 17.9 Å². The van der Waals surface area contributed by atoms with Crippen molar-refractivity contribution in [1.82, 2.24) is 0 Å². The van der Waals surface area contributed by atoms with Gasteiger partial charge < -0.3 is 0 Å². The van der Waals surface area contributed by atoms with Gasteiger partial charge in [-0.25, -0.2) is 0 Å². The molecular weight excluding hydrogens is 635 g/mol. The first kappa shape index (κ1) is 29.4. The summed E-state index contributed by atoms with van der Waals surface area (Å²) in [6, 6.07) is 29.4. The maximum absolute atomic E-state index is 7.94. The topological polar surface area (TPSA) is 0 Å². The van der Waals surface area contributed by atoms with Crippen LogP contribution in [0.25, 0.3) is 28.3 Å². The van der Waals surface area contributed by atoms with Gasteiger partial charge in [-0.15, -0.1) is 0 Å². The predicted octanol–water partition coefficient (Wildman–Crippen LogP) is 8.58. The number of aryl methyl sites for hydroxylation is 1. The van der Waals surface area contributed by atoms with Gasteiger partial charge in [0.1, 0.15) is 0 Å². The SMILES string of the molecule is CCc1ccccc1-c1c(C(C)(C)C)ccc2c1C=C(CC(C)C)[CH]2[Zr]([Cl])([Cl])[c]1cccc2c1[SiH2]c1ccccc1-2. The zero-order chi connectivity index (χ0) is 29.1. The predicted molar refractivity (Wildman–Crippen MR) is 181 cm³/mol. The summed E-state index contributed by atoms with van der Waals surface area (Å²) in [7, 11) is 15.3. The summed E-state index contributed by atoms with van der Waals surface area (Å²) in [6.45, 7) is 13.9. The Kier molecular flexibility index (Phi) is 7.95. The average molecular weight is 675 g/mol. The Bertz CT molecular complexity index is 1680. The third-order valence-electron chi connectivity index (χ3n) is 8.98. The van der Waals surface area contributed by atoms with Crippen molar-refractivity contribution >= 4 is 46.3 Å². The first-order valence-electron chi connectivity index (χ1n) is 15.1. The molecule has 0 fully saturated rings. The van der Waals surface area contributed by atoms with Crippen LogP contribution in [0, 0.1) is 5.92 Å². The van der Waals surface area contributed by atoms with Crippen molar-refractivity contribution in [3.8, 4) is 22.3 Å². The number of hydrogen-bond acceptors (Lipinski definition) is 0. The molecule has 1 aliphatic carbocycles. The molecule has 2 aliphatic rings. The van der Waals surface area contributed by atoms with E-state index in [1.807, 2.05) is 0 Å². The van der Waals surface area contributed by atoms with Gasteiger partial charge in [-0.2, -0.15) is 0 Å². The van der Waals surface area contributed by atoms with Crippen LogP contribution < -0.4 is 13.6 Å². The van der Waals surface area contributed by atoms with Crippen molar-refractivity contribution in [2.24, 2.45) is 5.92 Å². The van der Waals surface area contributed by atoms with Gasteiger partial charge in [0.25, 0.3) is 0 Å². The van der Waals surface area contributed by atoms with Crippen LogP contribution in [0.1, 0.15) is 73.8 Å². The van der Waals surface area contributed by atoms with Crippen molar-refractivity contribution in [3.05, 3.63) is 107 Å². The molecule has 4 aromatic rings. The summed E-state index contributed by atoms with van der Waals surface area (Å²) in [5, 5.41) is 3.01. The quantitative estimate of drug-likeness (QED) is 0.158. The number of allylic oxidation sites excluding steroid dienone is 1. The van der Waals surface area contributed by atoms with Gasteiger partial charge in [0, 0.05) is 0 Å². The van der Waals surface area contributed by atoms with Crippen LogP contribution in [0.3, 0.4) is 0 Å². The van der Waals surface area contributed by atoms with Crippen LogP contribution in [0.5, 0.6) is 0 Å². The van der Waals surface area contributed by atoms with E-state index in [-0.39, 0.29) is 9.04 Å². The summed E-state index contributed by atoms with van der Waals surface area (Å²) in [4.78, 5) is 0. The summed E-state index contributed by atoms with van der Waals surface area (Å²) in [6.07, 6.45) is 4.53. The molecular formula is C37H40Cl2SiZr. The molecule has 4 aromatic carbocycles. The molecule has 0 nitrogen and oxygen atoms in total. The summed E-state index contributed by atoms with van der Waals surface area (Å²) in [5.74, 6) is 0.530. The molecule has 0 saturated carbocycles. The Labute approximate surface area is 260 Å². The second-order valence-corrected chi connectivity index (χ2v) is 29.1. The van der Waals surface area contributed by atoms with Gasteiger partial charge in [0.05, 0.1) is 0 Å². The molecule has 6 rings (SSSR count). The van der Waals surface area contributed by atoms with E-state index < -0.39 is 27.4 Å². The number of hydrogen-bond donors (Lipinski definition) is 0.